The minimum atomic E-state index is 0.299. The predicted molar refractivity (Wildman–Crippen MR) is 44.2 cm³/mol. The van der Waals surface area contributed by atoms with E-state index >= 15 is 0 Å². The molecule has 64 valence electrons. The molecule has 0 spiro atoms. The minimum Gasteiger partial charge on any atom is -0.383 e. The fraction of sp³-hybridized carbons (Fsp3) is 1.00. The molecule has 0 aliphatic heterocycles. The molecule has 11 heavy (non-hydrogen) atoms. The molecule has 2 rings (SSSR count). The monoisotopic (exact) mass is 155 g/mol. The predicted octanol–water partition coefficient (Wildman–Crippen LogP) is 1.01. The molecule has 0 heterocycles. The quantitative estimate of drug-likeness (QED) is 0.660. The van der Waals surface area contributed by atoms with E-state index in [1.54, 1.807) is 7.11 Å². The maximum Gasteiger partial charge on any atom is 0.0616 e. The van der Waals surface area contributed by atoms with Gasteiger partial charge in [-0.05, 0) is 37.0 Å². The van der Waals surface area contributed by atoms with Crippen molar-refractivity contribution in [2.24, 2.45) is 23.5 Å². The van der Waals surface area contributed by atoms with E-state index in [1.807, 2.05) is 0 Å². The lowest BCUT2D eigenvalue weighted by atomic mass is 9.96. The molecule has 0 aromatic rings. The van der Waals surface area contributed by atoms with Crippen LogP contribution in [0.5, 0.6) is 0 Å². The molecule has 0 bridgehead atoms. The average Bonchev–Trinajstić information content (AvgIpc) is 2.59. The number of hydrogen-bond acceptors (Lipinski definition) is 2. The topological polar surface area (TPSA) is 35.2 Å². The van der Waals surface area contributed by atoms with Gasteiger partial charge < -0.3 is 10.5 Å². The molecule has 3 unspecified atom stereocenters. The first-order valence-corrected chi connectivity index (χ1v) is 4.55. The first-order valence-electron chi connectivity index (χ1n) is 4.55. The Morgan fingerprint density at radius 2 is 2.00 bits per heavy atom. The molecule has 2 saturated carbocycles. The largest absolute Gasteiger partial charge is 0.383 e. The molecule has 2 N–H and O–H groups in total. The lowest BCUT2D eigenvalue weighted by Gasteiger charge is -2.19. The van der Waals surface area contributed by atoms with Gasteiger partial charge in [0.05, 0.1) is 6.61 Å². The lowest BCUT2D eigenvalue weighted by Crippen LogP contribution is -2.33. The summed E-state index contributed by atoms with van der Waals surface area (Å²) in [5, 5.41) is 0. The first-order chi connectivity index (χ1) is 5.31. The van der Waals surface area contributed by atoms with Gasteiger partial charge in [0.2, 0.25) is 0 Å². The molecular weight excluding hydrogens is 138 g/mol. The van der Waals surface area contributed by atoms with Gasteiger partial charge >= 0.3 is 0 Å². The van der Waals surface area contributed by atoms with E-state index in [-0.39, 0.29) is 0 Å². The van der Waals surface area contributed by atoms with Crippen LogP contribution in [0.25, 0.3) is 0 Å². The van der Waals surface area contributed by atoms with Crippen molar-refractivity contribution in [2.45, 2.75) is 25.3 Å². The Labute approximate surface area is 68.1 Å². The summed E-state index contributed by atoms with van der Waals surface area (Å²) in [7, 11) is 1.73. The van der Waals surface area contributed by atoms with Crippen molar-refractivity contribution in [1.82, 2.24) is 0 Å². The normalized spacial score (nSPS) is 43.6. The van der Waals surface area contributed by atoms with Crippen molar-refractivity contribution in [2.75, 3.05) is 13.7 Å². The van der Waals surface area contributed by atoms with E-state index in [0.29, 0.717) is 6.04 Å². The molecule has 0 aromatic carbocycles. The highest BCUT2D eigenvalue weighted by Gasteiger charge is 2.47. The molecule has 0 aromatic heterocycles. The van der Waals surface area contributed by atoms with Crippen LogP contribution in [0.3, 0.4) is 0 Å². The van der Waals surface area contributed by atoms with Crippen molar-refractivity contribution in [1.29, 1.82) is 0 Å². The maximum atomic E-state index is 5.95. The molecule has 0 amide bonds. The third kappa shape index (κ3) is 1.42. The summed E-state index contributed by atoms with van der Waals surface area (Å²) >= 11 is 0. The van der Waals surface area contributed by atoms with Gasteiger partial charge in [0.1, 0.15) is 0 Å². The number of ether oxygens (including phenoxy) is 1. The second-order valence-corrected chi connectivity index (χ2v) is 4.11. The number of fused-ring (bicyclic) bond motifs is 1. The highest BCUT2D eigenvalue weighted by molar-refractivity contribution is 4.98. The van der Waals surface area contributed by atoms with Crippen molar-refractivity contribution in [3.05, 3.63) is 0 Å². The second-order valence-electron chi connectivity index (χ2n) is 4.11. The minimum absolute atomic E-state index is 0.299. The zero-order valence-corrected chi connectivity index (χ0v) is 7.12. The summed E-state index contributed by atoms with van der Waals surface area (Å²) in [5.41, 5.74) is 5.95. The number of rotatable bonds is 3. The van der Waals surface area contributed by atoms with Crippen LogP contribution < -0.4 is 5.73 Å². The zero-order valence-electron chi connectivity index (χ0n) is 7.12. The molecule has 0 radical (unpaired) electrons. The highest BCUT2D eigenvalue weighted by Crippen LogP contribution is 2.54. The van der Waals surface area contributed by atoms with Crippen molar-refractivity contribution in [3.8, 4) is 0 Å². The van der Waals surface area contributed by atoms with Gasteiger partial charge in [0.25, 0.3) is 0 Å². The van der Waals surface area contributed by atoms with E-state index in [4.69, 9.17) is 10.5 Å². The number of hydrogen-bond donors (Lipinski definition) is 1. The third-order valence-electron chi connectivity index (χ3n) is 3.24. The van der Waals surface area contributed by atoms with Crippen LogP contribution in [-0.2, 0) is 4.74 Å². The lowest BCUT2D eigenvalue weighted by molar-refractivity contribution is 0.155. The molecule has 2 aliphatic carbocycles. The van der Waals surface area contributed by atoms with E-state index < -0.39 is 0 Å². The fourth-order valence-electron chi connectivity index (χ4n) is 2.44. The Bertz CT molecular complexity index is 138. The fourth-order valence-corrected chi connectivity index (χ4v) is 2.44. The molecular formula is C9H17NO. The Morgan fingerprint density at radius 3 is 2.55 bits per heavy atom. The first kappa shape index (κ1) is 7.56. The van der Waals surface area contributed by atoms with Crippen LogP contribution in [-0.4, -0.2) is 19.8 Å². The third-order valence-corrected chi connectivity index (χ3v) is 3.24. The Morgan fingerprint density at radius 1 is 1.36 bits per heavy atom. The molecule has 2 fully saturated rings. The van der Waals surface area contributed by atoms with Crippen molar-refractivity contribution in [3.63, 3.8) is 0 Å². The van der Waals surface area contributed by atoms with Gasteiger partial charge in [-0.25, -0.2) is 0 Å². The van der Waals surface area contributed by atoms with Crippen LogP contribution in [0, 0.1) is 17.8 Å². The standard InChI is InChI=1S/C9H17NO/c1-11-5-9(10)8-3-6-2-7(6)4-8/h6-9H,2-5,10H2,1H3. The van der Waals surface area contributed by atoms with Crippen molar-refractivity contribution < 1.29 is 4.74 Å². The van der Waals surface area contributed by atoms with Crippen LogP contribution in [0.1, 0.15) is 19.3 Å². The van der Waals surface area contributed by atoms with E-state index in [9.17, 15) is 0 Å². The molecule has 2 heteroatoms. The summed E-state index contributed by atoms with van der Waals surface area (Å²) in [6.07, 6.45) is 4.22. The summed E-state index contributed by atoms with van der Waals surface area (Å²) in [5.74, 6) is 2.85. The molecule has 2 nitrogen and oxygen atoms in total. The van der Waals surface area contributed by atoms with Crippen molar-refractivity contribution >= 4 is 0 Å². The second kappa shape index (κ2) is 2.76. The van der Waals surface area contributed by atoms with E-state index in [1.165, 1.54) is 19.3 Å². The highest BCUT2D eigenvalue weighted by atomic mass is 16.5. The van der Waals surface area contributed by atoms with Gasteiger partial charge in [-0.1, -0.05) is 0 Å². The zero-order chi connectivity index (χ0) is 7.84. The molecule has 0 saturated heterocycles. The Hall–Kier alpha value is -0.0800. The smallest absolute Gasteiger partial charge is 0.0616 e. The maximum absolute atomic E-state index is 5.95. The average molecular weight is 155 g/mol. The molecule has 3 atom stereocenters. The van der Waals surface area contributed by atoms with Crippen LogP contribution >= 0.6 is 0 Å². The summed E-state index contributed by atoms with van der Waals surface area (Å²) in [6.45, 7) is 0.740. The Balaban J connectivity index is 1.77. The van der Waals surface area contributed by atoms with Gasteiger partial charge in [0.15, 0.2) is 0 Å². The van der Waals surface area contributed by atoms with Crippen LogP contribution in [0.15, 0.2) is 0 Å². The van der Waals surface area contributed by atoms with Crippen LogP contribution in [0.4, 0.5) is 0 Å². The number of nitrogens with two attached hydrogens (primary N) is 1. The van der Waals surface area contributed by atoms with Gasteiger partial charge in [-0.2, -0.15) is 0 Å². The van der Waals surface area contributed by atoms with Gasteiger partial charge in [0, 0.05) is 13.2 Å². The SMILES string of the molecule is COCC(N)C1CC2CC2C1. The summed E-state index contributed by atoms with van der Waals surface area (Å²) in [4.78, 5) is 0. The van der Waals surface area contributed by atoms with E-state index in [0.717, 1.165) is 24.4 Å². The Kier molecular flexibility index (Phi) is 1.90. The molecule has 2 aliphatic rings. The number of methoxy groups -OCH3 is 1. The van der Waals surface area contributed by atoms with E-state index in [2.05, 4.69) is 0 Å². The summed E-state index contributed by atoms with van der Waals surface area (Å²) in [6, 6.07) is 0.299. The van der Waals surface area contributed by atoms with Gasteiger partial charge in [-0.3, -0.25) is 0 Å². The van der Waals surface area contributed by atoms with Gasteiger partial charge in [-0.15, -0.1) is 0 Å². The summed E-state index contributed by atoms with van der Waals surface area (Å²) < 4.78 is 5.04. The van der Waals surface area contributed by atoms with Crippen LogP contribution in [0.2, 0.25) is 0 Å².